The van der Waals surface area contributed by atoms with Gasteiger partial charge in [-0.1, -0.05) is 39.3 Å². The summed E-state index contributed by atoms with van der Waals surface area (Å²) in [5.74, 6) is 0.385. The van der Waals surface area contributed by atoms with Crippen LogP contribution in [0.3, 0.4) is 0 Å². The number of nitrogens with one attached hydrogen (secondary N) is 2. The Morgan fingerprint density at radius 3 is 2.36 bits per heavy atom. The number of hydrogen-bond donors (Lipinski definition) is 3. The predicted octanol–water partition coefficient (Wildman–Crippen LogP) is 3.45. The summed E-state index contributed by atoms with van der Waals surface area (Å²) in [6.45, 7) is 9.68. The zero-order valence-electron chi connectivity index (χ0n) is 16.0. The molecule has 0 atom stereocenters. The molecular formula is C19H31N5O. The van der Waals surface area contributed by atoms with Crippen molar-refractivity contribution in [2.24, 2.45) is 10.7 Å². The van der Waals surface area contributed by atoms with E-state index in [-0.39, 0.29) is 0 Å². The molecule has 138 valence electrons. The first-order chi connectivity index (χ1) is 12.0. The van der Waals surface area contributed by atoms with Gasteiger partial charge in [-0.2, -0.15) is 0 Å². The van der Waals surface area contributed by atoms with Gasteiger partial charge in [-0.3, -0.25) is 9.69 Å². The molecule has 0 aliphatic heterocycles. The topological polar surface area (TPSA) is 82.8 Å². The van der Waals surface area contributed by atoms with E-state index in [1.807, 2.05) is 31.3 Å². The highest BCUT2D eigenvalue weighted by atomic mass is 16.1. The maximum Gasteiger partial charge on any atom is 0.219 e. The number of carbonyl (C=O) groups excluding carboxylic acids is 1. The van der Waals surface area contributed by atoms with Crippen LogP contribution in [0.4, 0.5) is 11.4 Å². The minimum atomic E-state index is 0.385. The fourth-order valence-corrected chi connectivity index (χ4v) is 1.86. The van der Waals surface area contributed by atoms with E-state index in [0.717, 1.165) is 5.69 Å². The minimum absolute atomic E-state index is 0.385. The Balaban J connectivity index is 0.00000129. The lowest BCUT2D eigenvalue weighted by atomic mass is 10.2. The number of amidine groups is 1. The van der Waals surface area contributed by atoms with Gasteiger partial charge < -0.3 is 16.4 Å². The Hall–Kier alpha value is -2.76. The quantitative estimate of drug-likeness (QED) is 0.401. The number of hydrogen-bond acceptors (Lipinski definition) is 5. The highest BCUT2D eigenvalue weighted by Crippen LogP contribution is 2.20. The van der Waals surface area contributed by atoms with Crippen LogP contribution in [0.5, 0.6) is 0 Å². The molecule has 0 aromatic heterocycles. The first-order valence-electron chi connectivity index (χ1n) is 8.36. The average Bonchev–Trinajstić information content (AvgIpc) is 2.63. The number of rotatable bonds is 7. The van der Waals surface area contributed by atoms with E-state index >= 15 is 0 Å². The summed E-state index contributed by atoms with van der Waals surface area (Å²) in [4.78, 5) is 17.1. The number of benzene rings is 1. The lowest BCUT2D eigenvalue weighted by molar-refractivity contribution is -0.106. The maximum atomic E-state index is 11.6. The molecule has 0 spiro atoms. The molecule has 0 aliphatic carbocycles. The average molecular weight is 345 g/mol. The first kappa shape index (κ1) is 22.2. The van der Waals surface area contributed by atoms with Crippen LogP contribution in [0.15, 0.2) is 53.4 Å². The molecule has 0 saturated heterocycles. The molecule has 1 amide bonds. The molecule has 6 heteroatoms. The van der Waals surface area contributed by atoms with Gasteiger partial charge in [0.05, 0.1) is 11.4 Å². The molecule has 1 rings (SSSR count). The Morgan fingerprint density at radius 2 is 1.96 bits per heavy atom. The SMILES string of the molecule is C=CN=C(/C(NC)=C(\C)N)N(C=O)c1cccc(NC)c1.CCCC. The van der Waals surface area contributed by atoms with Crippen molar-refractivity contribution in [2.75, 3.05) is 24.3 Å². The minimum Gasteiger partial charge on any atom is -0.400 e. The molecule has 6 nitrogen and oxygen atoms in total. The molecule has 25 heavy (non-hydrogen) atoms. The summed E-state index contributed by atoms with van der Waals surface area (Å²) in [6.07, 6.45) is 4.70. The second-order valence-electron chi connectivity index (χ2n) is 5.22. The molecule has 1 aromatic rings. The highest BCUT2D eigenvalue weighted by molar-refractivity contribution is 6.18. The van der Waals surface area contributed by atoms with Crippen LogP contribution < -0.4 is 21.3 Å². The zero-order valence-corrected chi connectivity index (χ0v) is 16.0. The van der Waals surface area contributed by atoms with E-state index in [2.05, 4.69) is 36.1 Å². The second kappa shape index (κ2) is 12.6. The van der Waals surface area contributed by atoms with Gasteiger partial charge in [-0.05, 0) is 25.1 Å². The summed E-state index contributed by atoms with van der Waals surface area (Å²) in [7, 11) is 3.53. The van der Waals surface area contributed by atoms with Crippen molar-refractivity contribution in [1.29, 1.82) is 0 Å². The number of unbranched alkanes of at least 4 members (excludes halogenated alkanes) is 1. The maximum absolute atomic E-state index is 11.6. The van der Waals surface area contributed by atoms with Crippen molar-refractivity contribution in [1.82, 2.24) is 5.32 Å². The number of nitrogens with two attached hydrogens (primary N) is 1. The molecule has 4 N–H and O–H groups in total. The monoisotopic (exact) mass is 345 g/mol. The number of allylic oxidation sites excluding steroid dienone is 1. The van der Waals surface area contributed by atoms with Crippen molar-refractivity contribution >= 4 is 23.6 Å². The smallest absolute Gasteiger partial charge is 0.219 e. The Morgan fingerprint density at radius 1 is 1.32 bits per heavy atom. The largest absolute Gasteiger partial charge is 0.400 e. The van der Waals surface area contributed by atoms with Gasteiger partial charge in [-0.15, -0.1) is 0 Å². The predicted molar refractivity (Wildman–Crippen MR) is 109 cm³/mol. The van der Waals surface area contributed by atoms with E-state index in [1.165, 1.54) is 23.9 Å². The zero-order chi connectivity index (χ0) is 19.2. The number of carbonyl (C=O) groups is 1. The number of amides is 1. The fourth-order valence-electron chi connectivity index (χ4n) is 1.86. The van der Waals surface area contributed by atoms with Gasteiger partial charge in [0.15, 0.2) is 5.84 Å². The molecule has 1 aromatic carbocycles. The van der Waals surface area contributed by atoms with Crippen LogP contribution in [0.2, 0.25) is 0 Å². The van der Waals surface area contributed by atoms with E-state index < -0.39 is 0 Å². The normalized spacial score (nSPS) is 11.5. The van der Waals surface area contributed by atoms with Crippen molar-refractivity contribution in [3.8, 4) is 0 Å². The molecule has 0 heterocycles. The van der Waals surface area contributed by atoms with Crippen LogP contribution in [-0.4, -0.2) is 26.3 Å². The number of likely N-dealkylation sites (N-methyl/N-ethyl adjacent to an activating group) is 1. The van der Waals surface area contributed by atoms with Crippen LogP contribution >= 0.6 is 0 Å². The van der Waals surface area contributed by atoms with Crippen molar-refractivity contribution in [3.63, 3.8) is 0 Å². The lowest BCUT2D eigenvalue weighted by Gasteiger charge is -2.22. The summed E-state index contributed by atoms with van der Waals surface area (Å²) in [6, 6.07) is 7.40. The van der Waals surface area contributed by atoms with Crippen molar-refractivity contribution < 1.29 is 4.79 Å². The van der Waals surface area contributed by atoms with E-state index in [1.54, 1.807) is 14.0 Å². The summed E-state index contributed by atoms with van der Waals surface area (Å²) in [5.41, 5.74) is 8.50. The number of nitrogens with zero attached hydrogens (tertiary/aromatic N) is 2. The number of anilines is 2. The summed E-state index contributed by atoms with van der Waals surface area (Å²) >= 11 is 0. The molecule has 0 unspecified atom stereocenters. The van der Waals surface area contributed by atoms with Gasteiger partial charge >= 0.3 is 0 Å². The summed E-state index contributed by atoms with van der Waals surface area (Å²) in [5, 5.41) is 5.99. The Labute approximate surface area is 151 Å². The first-order valence-corrected chi connectivity index (χ1v) is 8.36. The third-order valence-electron chi connectivity index (χ3n) is 3.33. The van der Waals surface area contributed by atoms with Crippen LogP contribution in [0, 0.1) is 0 Å². The standard InChI is InChI=1S/C15H21N5O.C4H10/c1-5-19-15(14(18-4)11(2)16)20(10-21)13-8-6-7-12(9-13)17-3;1-3-4-2/h5-10,17-18H,1,16H2,2-4H3;3-4H2,1-2H3/b14-11-,19-15?;. The Bertz CT molecular complexity index is 602. The molecule has 0 aliphatic rings. The molecule has 0 fully saturated rings. The van der Waals surface area contributed by atoms with Gasteiger partial charge in [0.1, 0.15) is 0 Å². The van der Waals surface area contributed by atoms with E-state index in [9.17, 15) is 4.79 Å². The van der Waals surface area contributed by atoms with Gasteiger partial charge in [0.25, 0.3) is 0 Å². The van der Waals surface area contributed by atoms with Gasteiger partial charge in [0, 0.05) is 31.7 Å². The number of aliphatic imine (C=N–C) groups is 1. The molecule has 0 radical (unpaired) electrons. The van der Waals surface area contributed by atoms with Crippen LogP contribution in [0.1, 0.15) is 33.6 Å². The van der Waals surface area contributed by atoms with Crippen LogP contribution in [0.25, 0.3) is 0 Å². The van der Waals surface area contributed by atoms with Crippen LogP contribution in [-0.2, 0) is 4.79 Å². The molecule has 0 bridgehead atoms. The third-order valence-corrected chi connectivity index (χ3v) is 3.33. The van der Waals surface area contributed by atoms with Gasteiger partial charge in [-0.25, -0.2) is 4.99 Å². The lowest BCUT2D eigenvalue weighted by Crippen LogP contribution is -2.36. The fraction of sp³-hybridized carbons (Fsp3) is 0.368. The van der Waals surface area contributed by atoms with E-state index in [4.69, 9.17) is 5.73 Å². The third kappa shape index (κ3) is 7.12. The summed E-state index contributed by atoms with van der Waals surface area (Å²) < 4.78 is 0. The molecular weight excluding hydrogens is 314 g/mol. The van der Waals surface area contributed by atoms with E-state index in [0.29, 0.717) is 29.3 Å². The van der Waals surface area contributed by atoms with Gasteiger partial charge in [0.2, 0.25) is 6.41 Å². The second-order valence-corrected chi connectivity index (χ2v) is 5.22. The highest BCUT2D eigenvalue weighted by Gasteiger charge is 2.18. The van der Waals surface area contributed by atoms with Crippen molar-refractivity contribution in [3.05, 3.63) is 48.4 Å². The van der Waals surface area contributed by atoms with Crippen molar-refractivity contribution in [2.45, 2.75) is 33.6 Å². The molecule has 0 saturated carbocycles. The Kier molecular flexibility index (Phi) is 11.2.